The van der Waals surface area contributed by atoms with Crippen molar-refractivity contribution >= 4 is 23.0 Å². The van der Waals surface area contributed by atoms with Crippen LogP contribution in [0.5, 0.6) is 0 Å². The average Bonchev–Trinajstić information content (AvgIpc) is 3.76. The van der Waals surface area contributed by atoms with Gasteiger partial charge in [-0.15, -0.1) is 0 Å². The zero-order valence-corrected chi connectivity index (χ0v) is 21.7. The van der Waals surface area contributed by atoms with E-state index in [9.17, 15) is 0 Å². The van der Waals surface area contributed by atoms with Gasteiger partial charge in [0.25, 0.3) is 0 Å². The average molecular weight is 490 g/mol. The first-order chi connectivity index (χ1) is 17.6. The van der Waals surface area contributed by atoms with E-state index >= 15 is 0 Å². The zero-order chi connectivity index (χ0) is 24.5. The largest absolute Gasteiger partial charge is 0.488 e. The van der Waals surface area contributed by atoms with Gasteiger partial charge in [-0.25, -0.2) is 4.99 Å². The molecule has 0 spiro atoms. The maximum Gasteiger partial charge on any atom is 0.222 e. The van der Waals surface area contributed by atoms with E-state index in [4.69, 9.17) is 19.5 Å². The van der Waals surface area contributed by atoms with E-state index in [0.29, 0.717) is 17.9 Å². The molecule has 2 aliphatic carbocycles. The number of fused-ring (bicyclic) bond motifs is 1. The summed E-state index contributed by atoms with van der Waals surface area (Å²) in [7, 11) is 0. The van der Waals surface area contributed by atoms with Gasteiger partial charge in [-0.05, 0) is 81.4 Å². The van der Waals surface area contributed by atoms with Crippen LogP contribution >= 0.6 is 0 Å². The first kappa shape index (κ1) is 23.7. The van der Waals surface area contributed by atoms with Gasteiger partial charge in [-0.1, -0.05) is 6.08 Å². The fourth-order valence-corrected chi connectivity index (χ4v) is 5.61. The predicted octanol–water partition coefficient (Wildman–Crippen LogP) is 4.49. The van der Waals surface area contributed by atoms with E-state index in [1.54, 1.807) is 0 Å². The highest BCUT2D eigenvalue weighted by Crippen LogP contribution is 2.41. The van der Waals surface area contributed by atoms with E-state index in [0.717, 1.165) is 75.9 Å². The van der Waals surface area contributed by atoms with Crippen molar-refractivity contribution in [3.05, 3.63) is 47.7 Å². The van der Waals surface area contributed by atoms with Gasteiger partial charge in [0.05, 0.1) is 25.5 Å². The summed E-state index contributed by atoms with van der Waals surface area (Å²) in [5.74, 6) is 2.56. The molecule has 1 aromatic rings. The number of hydrogen-bond donors (Lipinski definition) is 1. The normalized spacial score (nSPS) is 25.5. The standard InChI is InChI=1S/C29H39N5O2/c1-20(2)33-11-9-26(10-12-33)36-27-18-22(21-3-4-21)17-23-19-30-29(32-28(23)27)31-24-5-7-25(8-6-24)34-13-15-35-16-14-34/h5-8,17-18,20-21,23,26H,3-4,9-16,19H2,1-2H3,(H,30,31). The molecule has 3 heterocycles. The molecule has 7 nitrogen and oxygen atoms in total. The lowest BCUT2D eigenvalue weighted by atomic mass is 9.89. The van der Waals surface area contributed by atoms with Gasteiger partial charge in [0.2, 0.25) is 5.96 Å². The van der Waals surface area contributed by atoms with Crippen LogP contribution in [-0.2, 0) is 9.47 Å². The molecule has 0 aromatic heterocycles. The summed E-state index contributed by atoms with van der Waals surface area (Å²) >= 11 is 0. The third kappa shape index (κ3) is 5.37. The SMILES string of the molecule is CC(C)N1CCC(OC2=CC(C3CC3)=CC3CN=C(Nc4ccc(N5CCOCC5)cc4)N=C23)CC1. The summed E-state index contributed by atoms with van der Waals surface area (Å²) in [6.07, 6.45) is 9.66. The molecule has 1 aromatic carbocycles. The molecule has 1 saturated carbocycles. The number of benzene rings is 1. The van der Waals surface area contributed by atoms with Crippen LogP contribution in [0.15, 0.2) is 57.7 Å². The summed E-state index contributed by atoms with van der Waals surface area (Å²) in [4.78, 5) is 14.7. The van der Waals surface area contributed by atoms with Crippen molar-refractivity contribution in [2.24, 2.45) is 21.8 Å². The minimum atomic E-state index is 0.214. The molecule has 1 N–H and O–H groups in total. The Morgan fingerprint density at radius 2 is 1.75 bits per heavy atom. The van der Waals surface area contributed by atoms with E-state index in [2.05, 4.69) is 65.4 Å². The lowest BCUT2D eigenvalue weighted by Crippen LogP contribution is -2.41. The number of morpholine rings is 1. The minimum Gasteiger partial charge on any atom is -0.488 e. The molecule has 7 heteroatoms. The van der Waals surface area contributed by atoms with Crippen LogP contribution in [0, 0.1) is 11.8 Å². The number of nitrogens with zero attached hydrogens (tertiary/aromatic N) is 4. The number of rotatable bonds is 6. The molecule has 0 radical (unpaired) electrons. The molecule has 6 rings (SSSR count). The molecular formula is C29H39N5O2. The fraction of sp³-hybridized carbons (Fsp3) is 0.586. The van der Waals surface area contributed by atoms with Crippen LogP contribution in [0.4, 0.5) is 11.4 Å². The molecule has 2 saturated heterocycles. The van der Waals surface area contributed by atoms with Gasteiger partial charge >= 0.3 is 0 Å². The van der Waals surface area contributed by atoms with E-state index in [-0.39, 0.29) is 12.0 Å². The number of nitrogens with one attached hydrogen (secondary N) is 1. The van der Waals surface area contributed by atoms with Crippen LogP contribution in [-0.4, -0.2) is 74.7 Å². The Bertz CT molecular complexity index is 1060. The van der Waals surface area contributed by atoms with Gasteiger partial charge in [0, 0.05) is 49.5 Å². The molecule has 192 valence electrons. The number of anilines is 2. The highest BCUT2D eigenvalue weighted by atomic mass is 16.5. The van der Waals surface area contributed by atoms with E-state index in [1.807, 2.05) is 0 Å². The van der Waals surface area contributed by atoms with Gasteiger partial charge in [0.1, 0.15) is 11.9 Å². The zero-order valence-electron chi connectivity index (χ0n) is 21.7. The molecule has 0 bridgehead atoms. The van der Waals surface area contributed by atoms with E-state index in [1.165, 1.54) is 24.1 Å². The Morgan fingerprint density at radius 1 is 1.00 bits per heavy atom. The van der Waals surface area contributed by atoms with Crippen molar-refractivity contribution in [1.29, 1.82) is 0 Å². The van der Waals surface area contributed by atoms with Crippen molar-refractivity contribution < 1.29 is 9.47 Å². The summed E-state index contributed by atoms with van der Waals surface area (Å²) in [5, 5.41) is 3.44. The number of likely N-dealkylation sites (tertiary alicyclic amines) is 1. The summed E-state index contributed by atoms with van der Waals surface area (Å²) in [6.45, 7) is 11.0. The van der Waals surface area contributed by atoms with E-state index < -0.39 is 0 Å². The third-order valence-corrected chi connectivity index (χ3v) is 8.01. The molecule has 3 aliphatic heterocycles. The minimum absolute atomic E-state index is 0.214. The molecule has 36 heavy (non-hydrogen) atoms. The lowest BCUT2D eigenvalue weighted by molar-refractivity contribution is 0.0472. The number of hydrogen-bond acceptors (Lipinski definition) is 7. The lowest BCUT2D eigenvalue weighted by Gasteiger charge is -2.36. The van der Waals surface area contributed by atoms with Crippen LogP contribution in [0.25, 0.3) is 0 Å². The van der Waals surface area contributed by atoms with Crippen molar-refractivity contribution in [2.75, 3.05) is 56.2 Å². The first-order valence-electron chi connectivity index (χ1n) is 13.8. The number of piperidine rings is 1. The molecule has 1 unspecified atom stereocenters. The second-order valence-corrected chi connectivity index (χ2v) is 10.9. The highest BCUT2D eigenvalue weighted by Gasteiger charge is 2.34. The number of allylic oxidation sites excluding steroid dienone is 3. The van der Waals surface area contributed by atoms with Gasteiger partial charge < -0.3 is 24.6 Å². The van der Waals surface area contributed by atoms with Crippen molar-refractivity contribution in [3.63, 3.8) is 0 Å². The summed E-state index contributed by atoms with van der Waals surface area (Å²) in [5.41, 5.74) is 4.70. The van der Waals surface area contributed by atoms with Crippen LogP contribution in [0.1, 0.15) is 39.5 Å². The monoisotopic (exact) mass is 489 g/mol. The Morgan fingerprint density at radius 3 is 2.44 bits per heavy atom. The smallest absolute Gasteiger partial charge is 0.222 e. The topological polar surface area (TPSA) is 61.7 Å². The maximum atomic E-state index is 6.68. The summed E-state index contributed by atoms with van der Waals surface area (Å²) < 4.78 is 12.2. The Labute approximate surface area is 215 Å². The summed E-state index contributed by atoms with van der Waals surface area (Å²) in [6, 6.07) is 9.15. The number of ether oxygens (including phenoxy) is 2. The maximum absolute atomic E-state index is 6.68. The Balaban J connectivity index is 1.15. The van der Waals surface area contributed by atoms with Crippen molar-refractivity contribution in [1.82, 2.24) is 4.90 Å². The Kier molecular flexibility index (Phi) is 6.85. The van der Waals surface area contributed by atoms with Crippen LogP contribution < -0.4 is 10.2 Å². The predicted molar refractivity (Wildman–Crippen MR) is 146 cm³/mol. The van der Waals surface area contributed by atoms with Crippen LogP contribution in [0.3, 0.4) is 0 Å². The quantitative estimate of drug-likeness (QED) is 0.638. The van der Waals surface area contributed by atoms with Crippen LogP contribution in [0.2, 0.25) is 0 Å². The van der Waals surface area contributed by atoms with Gasteiger partial charge in [0.15, 0.2) is 0 Å². The van der Waals surface area contributed by atoms with Gasteiger partial charge in [-0.3, -0.25) is 4.99 Å². The van der Waals surface area contributed by atoms with Crippen molar-refractivity contribution in [2.45, 2.75) is 51.7 Å². The number of guanidine groups is 1. The molecule has 5 aliphatic rings. The fourth-order valence-electron chi connectivity index (χ4n) is 5.61. The molecule has 1 atom stereocenters. The molecule has 3 fully saturated rings. The van der Waals surface area contributed by atoms with Crippen molar-refractivity contribution in [3.8, 4) is 0 Å². The first-order valence-corrected chi connectivity index (χ1v) is 13.8. The highest BCUT2D eigenvalue weighted by molar-refractivity contribution is 6.13. The third-order valence-electron chi connectivity index (χ3n) is 8.01. The Hall–Kier alpha value is -2.64. The van der Waals surface area contributed by atoms with Gasteiger partial charge in [-0.2, -0.15) is 0 Å². The number of aliphatic imine (C=N–C) groups is 2. The second kappa shape index (κ2) is 10.4. The molecular weight excluding hydrogens is 450 g/mol. The second-order valence-electron chi connectivity index (χ2n) is 10.9. The molecule has 0 amide bonds.